The molecule has 3 aromatic rings. The van der Waals surface area contributed by atoms with Gasteiger partial charge in [0.2, 0.25) is 0 Å². The van der Waals surface area contributed by atoms with Gasteiger partial charge in [-0.1, -0.05) is 29.9 Å². The minimum Gasteiger partial charge on any atom is -0.463 e. The van der Waals surface area contributed by atoms with Gasteiger partial charge < -0.3 is 9.64 Å². The average Bonchev–Trinajstić information content (AvgIpc) is 3.47. The van der Waals surface area contributed by atoms with Gasteiger partial charge in [0.05, 0.1) is 18.3 Å². The number of hydrogen-bond acceptors (Lipinski definition) is 5. The number of fused-ring (bicyclic) bond motifs is 1. The van der Waals surface area contributed by atoms with Crippen LogP contribution in [0.3, 0.4) is 0 Å². The number of rotatable bonds is 6. The number of aromatic nitrogens is 3. The van der Waals surface area contributed by atoms with E-state index in [-0.39, 0.29) is 24.1 Å². The summed E-state index contributed by atoms with van der Waals surface area (Å²) in [6.45, 7) is 4.71. The van der Waals surface area contributed by atoms with Crippen molar-refractivity contribution in [3.05, 3.63) is 82.5 Å². The van der Waals surface area contributed by atoms with Gasteiger partial charge in [0, 0.05) is 41.4 Å². The maximum atomic E-state index is 15.5. The zero-order valence-electron chi connectivity index (χ0n) is 21.5. The fraction of sp³-hybridized carbons (Fsp3) is 0.333. The Kier molecular flexibility index (Phi) is 6.18. The Bertz CT molecular complexity index is 1550. The van der Waals surface area contributed by atoms with Crippen LogP contribution >= 0.6 is 0 Å². The molecule has 0 unspecified atom stereocenters. The van der Waals surface area contributed by atoms with E-state index in [1.165, 1.54) is 23.3 Å². The third kappa shape index (κ3) is 4.34. The van der Waals surface area contributed by atoms with Crippen molar-refractivity contribution in [2.24, 2.45) is 0 Å². The summed E-state index contributed by atoms with van der Waals surface area (Å²) in [7, 11) is 0. The molecule has 1 aliphatic heterocycles. The first kappa shape index (κ1) is 24.3. The predicted molar refractivity (Wildman–Crippen MR) is 142 cm³/mol. The summed E-state index contributed by atoms with van der Waals surface area (Å²) in [5.41, 5.74) is 5.48. The van der Waals surface area contributed by atoms with Gasteiger partial charge in [-0.15, -0.1) is 0 Å². The second-order valence-corrected chi connectivity index (χ2v) is 10.0. The van der Waals surface area contributed by atoms with E-state index in [9.17, 15) is 9.59 Å². The maximum Gasteiger partial charge on any atom is 0.330 e. The van der Waals surface area contributed by atoms with E-state index >= 15 is 4.39 Å². The minimum absolute atomic E-state index is 0.00683. The van der Waals surface area contributed by atoms with Crippen LogP contribution in [-0.4, -0.2) is 50.6 Å². The molecule has 1 fully saturated rings. The molecule has 0 spiro atoms. The number of benzene rings is 1. The molecule has 1 amide bonds. The van der Waals surface area contributed by atoms with Gasteiger partial charge in [0.25, 0.3) is 5.91 Å². The van der Waals surface area contributed by atoms with E-state index in [2.05, 4.69) is 19.1 Å². The Balaban J connectivity index is 1.36. The average molecular weight is 513 g/mol. The Morgan fingerprint density at radius 3 is 2.87 bits per heavy atom. The first-order valence-electron chi connectivity index (χ1n) is 13.2. The van der Waals surface area contributed by atoms with Gasteiger partial charge in [-0.3, -0.25) is 4.79 Å². The molecule has 0 bridgehead atoms. The molecule has 1 atom stereocenters. The topological polar surface area (TPSA) is 76.8 Å². The third-order valence-corrected chi connectivity index (χ3v) is 7.56. The molecule has 8 heteroatoms. The van der Waals surface area contributed by atoms with E-state index in [0.717, 1.165) is 31.4 Å². The first-order chi connectivity index (χ1) is 18.4. The maximum absolute atomic E-state index is 15.5. The molecule has 0 N–H and O–H groups in total. The monoisotopic (exact) mass is 512 g/mol. The molecule has 6 rings (SSSR count). The van der Waals surface area contributed by atoms with E-state index < -0.39 is 11.8 Å². The molecule has 0 radical (unpaired) electrons. The van der Waals surface area contributed by atoms with E-state index in [1.54, 1.807) is 35.7 Å². The molecule has 3 aliphatic rings. The number of ether oxygens (including phenoxy) is 1. The van der Waals surface area contributed by atoms with Crippen LogP contribution in [0.25, 0.3) is 23.0 Å². The zero-order chi connectivity index (χ0) is 26.4. The number of nitrogens with zero attached hydrogens (tertiary/aromatic N) is 4. The standard InChI is InChI=1S/C30H29FN4O3/c1-3-38-28(36)13-12-21-7-5-9-23(29(21)31)24-17-27-32-25(16-26(20-10-11-20)35(27)33-24)30(37)34-15-14-19-6-4-8-22(19)18(34)2/h4-5,7-9,12-13,16-18,20H,3,6,10-11,14-15H2,1-2H3/b13-12+/t18-/m1/s1. The van der Waals surface area contributed by atoms with Gasteiger partial charge >= 0.3 is 5.97 Å². The van der Waals surface area contributed by atoms with Crippen molar-refractivity contribution in [3.63, 3.8) is 0 Å². The molecule has 38 heavy (non-hydrogen) atoms. The van der Waals surface area contributed by atoms with Crippen LogP contribution in [0.5, 0.6) is 0 Å². The van der Waals surface area contributed by atoms with Crippen molar-refractivity contribution < 1.29 is 18.7 Å². The van der Waals surface area contributed by atoms with Crippen molar-refractivity contribution in [1.29, 1.82) is 0 Å². The number of amides is 1. The van der Waals surface area contributed by atoms with Crippen molar-refractivity contribution >= 4 is 23.6 Å². The number of halogens is 1. The first-order valence-corrected chi connectivity index (χ1v) is 13.2. The second kappa shape index (κ2) is 9.67. The lowest BCUT2D eigenvalue weighted by atomic mass is 9.95. The van der Waals surface area contributed by atoms with Crippen molar-refractivity contribution in [1.82, 2.24) is 19.5 Å². The van der Waals surface area contributed by atoms with Gasteiger partial charge in [-0.05, 0) is 63.3 Å². The van der Waals surface area contributed by atoms with Gasteiger partial charge in [-0.25, -0.2) is 18.7 Å². The zero-order valence-corrected chi connectivity index (χ0v) is 21.5. The Hall–Kier alpha value is -4.07. The fourth-order valence-electron chi connectivity index (χ4n) is 5.42. The van der Waals surface area contributed by atoms with Crippen LogP contribution in [0, 0.1) is 5.82 Å². The minimum atomic E-state index is -0.528. The summed E-state index contributed by atoms with van der Waals surface area (Å²) in [5, 5.41) is 4.70. The molecular weight excluding hydrogens is 483 g/mol. The molecule has 1 saturated carbocycles. The number of carbonyl (C=O) groups is 2. The lowest BCUT2D eigenvalue weighted by molar-refractivity contribution is -0.137. The molecule has 3 heterocycles. The van der Waals surface area contributed by atoms with Crippen LogP contribution in [0.15, 0.2) is 59.7 Å². The number of esters is 1. The highest BCUT2D eigenvalue weighted by Gasteiger charge is 2.33. The number of carbonyl (C=O) groups excluding carboxylic acids is 2. The van der Waals surface area contributed by atoms with Gasteiger partial charge in [0.1, 0.15) is 11.5 Å². The largest absolute Gasteiger partial charge is 0.463 e. The van der Waals surface area contributed by atoms with Crippen LogP contribution in [0.1, 0.15) is 67.2 Å². The summed E-state index contributed by atoms with van der Waals surface area (Å²) in [4.78, 5) is 32.0. The quantitative estimate of drug-likeness (QED) is 0.323. The molecule has 2 aromatic heterocycles. The Labute approximate surface area is 220 Å². The van der Waals surface area contributed by atoms with Crippen LogP contribution < -0.4 is 0 Å². The van der Waals surface area contributed by atoms with E-state index in [0.29, 0.717) is 35.1 Å². The second-order valence-electron chi connectivity index (χ2n) is 10.0. The van der Waals surface area contributed by atoms with Crippen molar-refractivity contribution in [3.8, 4) is 11.3 Å². The van der Waals surface area contributed by atoms with Crippen LogP contribution in [0.4, 0.5) is 4.39 Å². The van der Waals surface area contributed by atoms with E-state index in [1.807, 2.05) is 11.0 Å². The highest BCUT2D eigenvalue weighted by molar-refractivity contribution is 5.94. The molecule has 7 nitrogen and oxygen atoms in total. The van der Waals surface area contributed by atoms with Crippen LogP contribution in [-0.2, 0) is 9.53 Å². The van der Waals surface area contributed by atoms with Gasteiger partial charge in [0.15, 0.2) is 5.65 Å². The predicted octanol–water partition coefficient (Wildman–Crippen LogP) is 5.48. The van der Waals surface area contributed by atoms with E-state index in [4.69, 9.17) is 14.8 Å². The number of allylic oxidation sites excluding steroid dienone is 1. The lowest BCUT2D eigenvalue weighted by Gasteiger charge is -2.34. The highest BCUT2D eigenvalue weighted by Crippen LogP contribution is 2.41. The fourth-order valence-corrected chi connectivity index (χ4v) is 5.42. The summed E-state index contributed by atoms with van der Waals surface area (Å²) in [6, 6.07) is 8.55. The summed E-state index contributed by atoms with van der Waals surface area (Å²) < 4.78 is 22.1. The summed E-state index contributed by atoms with van der Waals surface area (Å²) in [6.07, 6.45) is 10.8. The molecule has 0 saturated heterocycles. The Morgan fingerprint density at radius 2 is 2.08 bits per heavy atom. The smallest absolute Gasteiger partial charge is 0.330 e. The van der Waals surface area contributed by atoms with Crippen LogP contribution in [0.2, 0.25) is 0 Å². The SMILES string of the molecule is CCOC(=O)/C=C/c1cccc(-c2cc3nc(C(=O)N4CCC5=C(C=CC5)[C@H]4C)cc(C4CC4)n3n2)c1F. The highest BCUT2D eigenvalue weighted by atomic mass is 19.1. The molecular formula is C30H29FN4O3. The molecule has 2 aliphatic carbocycles. The van der Waals surface area contributed by atoms with Crippen molar-refractivity contribution in [2.45, 2.75) is 51.5 Å². The lowest BCUT2D eigenvalue weighted by Crippen LogP contribution is -2.43. The molecule has 194 valence electrons. The summed E-state index contributed by atoms with van der Waals surface area (Å²) in [5.74, 6) is -0.806. The van der Waals surface area contributed by atoms with Crippen molar-refractivity contribution in [2.75, 3.05) is 13.2 Å². The summed E-state index contributed by atoms with van der Waals surface area (Å²) >= 11 is 0. The third-order valence-electron chi connectivity index (χ3n) is 7.56. The normalized spacial score (nSPS) is 19.0. The van der Waals surface area contributed by atoms with Gasteiger partial charge in [-0.2, -0.15) is 5.10 Å². The number of hydrogen-bond donors (Lipinski definition) is 0. The molecule has 1 aromatic carbocycles. The Morgan fingerprint density at radius 1 is 1.24 bits per heavy atom.